The van der Waals surface area contributed by atoms with E-state index in [0.29, 0.717) is 37.1 Å². The number of methoxy groups -OCH3 is 2. The average Bonchev–Trinajstić information content (AvgIpc) is 2.86. The average molecular weight is 624 g/mol. The van der Waals surface area contributed by atoms with Crippen molar-refractivity contribution in [2.45, 2.75) is 84.1 Å². The molecule has 1 aromatic carbocycles. The van der Waals surface area contributed by atoms with Gasteiger partial charge in [-0.15, -0.1) is 12.4 Å². The third-order valence-electron chi connectivity index (χ3n) is 7.58. The van der Waals surface area contributed by atoms with Gasteiger partial charge < -0.3 is 30.4 Å². The molecule has 1 amide bonds. The highest BCUT2D eigenvalue weighted by Gasteiger charge is 2.34. The highest BCUT2D eigenvalue weighted by atomic mass is 35.5. The summed E-state index contributed by atoms with van der Waals surface area (Å²) in [6, 6.07) is 5.37. The van der Waals surface area contributed by atoms with E-state index in [1.165, 1.54) is 13.8 Å². The van der Waals surface area contributed by atoms with Crippen molar-refractivity contribution in [1.29, 1.82) is 0 Å². The second kappa shape index (κ2) is 18.1. The van der Waals surface area contributed by atoms with Crippen LogP contribution in [0.25, 0.3) is 0 Å². The number of sulfonamides is 1. The molecule has 6 N–H and O–H groups in total. The van der Waals surface area contributed by atoms with Gasteiger partial charge in [0.25, 0.3) is 0 Å². The van der Waals surface area contributed by atoms with Crippen LogP contribution in [0.4, 0.5) is 0 Å². The maximum atomic E-state index is 13.0. The molecule has 0 aromatic heterocycles. The minimum absolute atomic E-state index is 0. The maximum absolute atomic E-state index is 13.0. The quantitative estimate of drug-likeness (QED) is 0.171. The van der Waals surface area contributed by atoms with Crippen molar-refractivity contribution in [2.75, 3.05) is 34.0 Å². The number of carbonyl (C=O) groups is 1. The van der Waals surface area contributed by atoms with Gasteiger partial charge in [-0.1, -0.05) is 33.8 Å². The van der Waals surface area contributed by atoms with E-state index in [1.54, 1.807) is 14.2 Å². The fourth-order valence-electron chi connectivity index (χ4n) is 4.40. The molecule has 12 heteroatoms. The summed E-state index contributed by atoms with van der Waals surface area (Å²) in [5, 5.41) is 19.0. The predicted molar refractivity (Wildman–Crippen MR) is 166 cm³/mol. The first-order valence-corrected chi connectivity index (χ1v) is 15.6. The van der Waals surface area contributed by atoms with Gasteiger partial charge in [-0.05, 0) is 68.6 Å². The Balaban J connectivity index is 0.0000160. The number of rotatable bonds is 19. The number of nitrogens with two attached hydrogens (primary N) is 2. The molecule has 0 saturated carbocycles. The Hall–Kier alpha value is -1.63. The van der Waals surface area contributed by atoms with E-state index in [0.717, 1.165) is 18.4 Å². The molecule has 0 fully saturated rings. The third kappa shape index (κ3) is 13.0. The molecule has 0 spiro atoms. The van der Waals surface area contributed by atoms with E-state index in [2.05, 4.69) is 19.2 Å². The number of ether oxygens (including phenoxy) is 3. The molecule has 41 heavy (non-hydrogen) atoms. The second-order valence-electron chi connectivity index (χ2n) is 12.0. The number of carbonyl (C=O) groups excluding carboxylic acids is 1. The van der Waals surface area contributed by atoms with E-state index in [4.69, 9.17) is 25.1 Å². The van der Waals surface area contributed by atoms with Crippen LogP contribution in [0.3, 0.4) is 0 Å². The Morgan fingerprint density at radius 3 is 2.20 bits per heavy atom. The van der Waals surface area contributed by atoms with E-state index in [-0.39, 0.29) is 43.1 Å². The number of aliphatic hydroxyl groups is 1. The Morgan fingerprint density at radius 2 is 1.68 bits per heavy atom. The molecule has 0 aliphatic heterocycles. The predicted octanol–water partition coefficient (Wildman–Crippen LogP) is 3.27. The van der Waals surface area contributed by atoms with Crippen LogP contribution in [0.2, 0.25) is 0 Å². The number of halogens is 1. The number of aliphatic hydroxyl groups excluding tert-OH is 1. The van der Waals surface area contributed by atoms with Crippen molar-refractivity contribution in [2.24, 2.45) is 34.5 Å². The first kappa shape index (κ1) is 39.4. The highest BCUT2D eigenvalue weighted by molar-refractivity contribution is 7.90. The lowest BCUT2D eigenvalue weighted by Crippen LogP contribution is -2.49. The Bertz CT molecular complexity index is 1020. The molecular weight excluding hydrogens is 570 g/mol. The SMILES string of the molecule is COCCCOc1cc(C[C@@H](C[C@H](N)[C@@H](O)C[C@H](C(=O)NCC(C)(C)S(N)(=O)=O)C(C)C)C(C)C)ccc1OC.Cl. The number of benzene rings is 1. The van der Waals surface area contributed by atoms with E-state index >= 15 is 0 Å². The van der Waals surface area contributed by atoms with Crippen molar-refractivity contribution in [3.05, 3.63) is 23.8 Å². The van der Waals surface area contributed by atoms with Gasteiger partial charge in [0.1, 0.15) is 0 Å². The van der Waals surface area contributed by atoms with Crippen LogP contribution in [0, 0.1) is 23.7 Å². The summed E-state index contributed by atoms with van der Waals surface area (Å²) in [5.41, 5.74) is 7.58. The van der Waals surface area contributed by atoms with Crippen molar-refractivity contribution in [3.63, 3.8) is 0 Å². The molecular formula is C29H54ClN3O7S. The molecule has 4 atom stereocenters. The zero-order chi connectivity index (χ0) is 30.7. The Labute approximate surface area is 253 Å². The molecule has 0 aliphatic rings. The van der Waals surface area contributed by atoms with Gasteiger partial charge >= 0.3 is 0 Å². The van der Waals surface area contributed by atoms with E-state index < -0.39 is 32.8 Å². The summed E-state index contributed by atoms with van der Waals surface area (Å²) in [6.45, 7) is 12.0. The van der Waals surface area contributed by atoms with Crippen LogP contribution in [0.15, 0.2) is 18.2 Å². The fourth-order valence-corrected chi connectivity index (χ4v) is 4.67. The van der Waals surface area contributed by atoms with Crippen LogP contribution in [-0.2, 0) is 26.0 Å². The second-order valence-corrected chi connectivity index (χ2v) is 14.2. The van der Waals surface area contributed by atoms with Gasteiger partial charge in [-0.25, -0.2) is 13.6 Å². The summed E-state index contributed by atoms with van der Waals surface area (Å²) in [7, 11) is -0.577. The van der Waals surface area contributed by atoms with Crippen LogP contribution < -0.4 is 25.7 Å². The number of hydrogen-bond donors (Lipinski definition) is 4. The summed E-state index contributed by atoms with van der Waals surface area (Å²) in [4.78, 5) is 13.0. The van der Waals surface area contributed by atoms with Gasteiger partial charge in [0.2, 0.25) is 15.9 Å². The molecule has 0 heterocycles. The molecule has 0 radical (unpaired) electrons. The molecule has 10 nitrogen and oxygen atoms in total. The highest BCUT2D eigenvalue weighted by Crippen LogP contribution is 2.32. The van der Waals surface area contributed by atoms with Crippen molar-refractivity contribution in [3.8, 4) is 11.5 Å². The summed E-state index contributed by atoms with van der Waals surface area (Å²) < 4.78 is 38.8. The monoisotopic (exact) mass is 623 g/mol. The van der Waals surface area contributed by atoms with Gasteiger partial charge in [0.15, 0.2) is 11.5 Å². The molecule has 1 aromatic rings. The zero-order valence-corrected chi connectivity index (χ0v) is 27.6. The van der Waals surface area contributed by atoms with Gasteiger partial charge in [0.05, 0.1) is 24.6 Å². The van der Waals surface area contributed by atoms with Gasteiger partial charge in [0, 0.05) is 38.6 Å². The van der Waals surface area contributed by atoms with Crippen molar-refractivity contribution in [1.82, 2.24) is 5.32 Å². The van der Waals surface area contributed by atoms with E-state index in [1.807, 2.05) is 32.0 Å². The molecule has 0 saturated heterocycles. The topological polar surface area (TPSA) is 163 Å². The third-order valence-corrected chi connectivity index (χ3v) is 9.27. The fraction of sp³-hybridized carbons (Fsp3) is 0.759. The van der Waals surface area contributed by atoms with E-state index in [9.17, 15) is 18.3 Å². The summed E-state index contributed by atoms with van der Waals surface area (Å²) in [6.07, 6.45) is 1.35. The standard InChI is InChI=1S/C29H53N3O7S.ClH/c1-19(2)22(14-21-10-11-26(38-8)27(15-21)39-13-9-12-37-7)16-24(30)25(33)17-23(20(3)4)28(34)32-18-29(5,6)40(31,35)36;/h10-11,15,19-20,22-25,33H,9,12-14,16-18,30H2,1-8H3,(H,32,34)(H2,31,35,36);1H/t22-,23-,24-,25-;/m0./s1. The first-order chi connectivity index (χ1) is 18.5. The largest absolute Gasteiger partial charge is 0.493 e. The Morgan fingerprint density at radius 1 is 1.05 bits per heavy atom. The number of nitrogens with one attached hydrogen (secondary N) is 1. The minimum Gasteiger partial charge on any atom is -0.493 e. The molecule has 1 rings (SSSR count). The lowest BCUT2D eigenvalue weighted by Gasteiger charge is -2.30. The van der Waals surface area contributed by atoms with Crippen LogP contribution in [-0.4, -0.2) is 70.3 Å². The van der Waals surface area contributed by atoms with Crippen LogP contribution in [0.5, 0.6) is 11.5 Å². The zero-order valence-electron chi connectivity index (χ0n) is 26.0. The maximum Gasteiger partial charge on any atom is 0.223 e. The minimum atomic E-state index is -3.85. The molecule has 240 valence electrons. The molecule has 0 aliphatic carbocycles. The number of hydrogen-bond acceptors (Lipinski definition) is 8. The van der Waals surface area contributed by atoms with Crippen LogP contribution >= 0.6 is 12.4 Å². The number of primary sulfonamides is 1. The summed E-state index contributed by atoms with van der Waals surface area (Å²) in [5.74, 6) is 0.891. The normalized spacial score (nSPS) is 15.1. The van der Waals surface area contributed by atoms with Crippen molar-refractivity contribution < 1.29 is 32.5 Å². The van der Waals surface area contributed by atoms with Crippen LogP contribution in [0.1, 0.15) is 66.4 Å². The first-order valence-electron chi connectivity index (χ1n) is 14.1. The van der Waals surface area contributed by atoms with Crippen molar-refractivity contribution >= 4 is 28.3 Å². The van der Waals surface area contributed by atoms with Gasteiger partial charge in [-0.2, -0.15) is 0 Å². The smallest absolute Gasteiger partial charge is 0.223 e. The van der Waals surface area contributed by atoms with Gasteiger partial charge in [-0.3, -0.25) is 4.79 Å². The number of amides is 1. The molecule has 0 unspecified atom stereocenters. The lowest BCUT2D eigenvalue weighted by atomic mass is 9.81. The summed E-state index contributed by atoms with van der Waals surface area (Å²) >= 11 is 0. The Kier molecular flexibility index (Phi) is 17.4. The molecule has 0 bridgehead atoms. The lowest BCUT2D eigenvalue weighted by molar-refractivity contribution is -0.127.